The van der Waals surface area contributed by atoms with Crippen molar-refractivity contribution in [1.29, 1.82) is 0 Å². The molecule has 0 saturated carbocycles. The van der Waals surface area contributed by atoms with Gasteiger partial charge in [-0.05, 0) is 44.4 Å². The Balaban J connectivity index is 2.67. The van der Waals surface area contributed by atoms with E-state index in [-0.39, 0.29) is 18.1 Å². The molecule has 1 aromatic carbocycles. The molecule has 19 heavy (non-hydrogen) atoms. The van der Waals surface area contributed by atoms with Crippen molar-refractivity contribution in [3.8, 4) is 5.75 Å². The zero-order valence-electron chi connectivity index (χ0n) is 12.1. The molecule has 0 spiro atoms. The quantitative estimate of drug-likeness (QED) is 0.825. The summed E-state index contributed by atoms with van der Waals surface area (Å²) in [6.07, 6.45) is 0.849. The number of ether oxygens (including phenoxy) is 1. The molecule has 0 bridgehead atoms. The van der Waals surface area contributed by atoms with Crippen LogP contribution in [0.25, 0.3) is 0 Å². The summed E-state index contributed by atoms with van der Waals surface area (Å²) in [7, 11) is 1.62. The number of rotatable bonds is 6. The van der Waals surface area contributed by atoms with E-state index in [1.165, 1.54) is 0 Å². The summed E-state index contributed by atoms with van der Waals surface area (Å²) in [5, 5.41) is 11.9. The van der Waals surface area contributed by atoms with Gasteiger partial charge in [0.25, 0.3) is 0 Å². The van der Waals surface area contributed by atoms with Crippen LogP contribution in [0.4, 0.5) is 0 Å². The van der Waals surface area contributed by atoms with E-state index in [1.807, 2.05) is 39.0 Å². The van der Waals surface area contributed by atoms with Gasteiger partial charge >= 0.3 is 0 Å². The van der Waals surface area contributed by atoms with Gasteiger partial charge in [-0.25, -0.2) is 0 Å². The molecule has 106 valence electrons. The van der Waals surface area contributed by atoms with E-state index in [0.29, 0.717) is 12.8 Å². The molecule has 0 aliphatic rings. The van der Waals surface area contributed by atoms with Crippen molar-refractivity contribution in [2.75, 3.05) is 13.7 Å². The normalized spacial score (nSPS) is 11.2. The Morgan fingerprint density at radius 1 is 1.42 bits per heavy atom. The van der Waals surface area contributed by atoms with E-state index in [2.05, 4.69) is 5.32 Å². The second-order valence-electron chi connectivity index (χ2n) is 5.39. The van der Waals surface area contributed by atoms with E-state index >= 15 is 0 Å². The summed E-state index contributed by atoms with van der Waals surface area (Å²) in [4.78, 5) is 12.0. The first-order valence-electron chi connectivity index (χ1n) is 6.43. The van der Waals surface area contributed by atoms with Crippen LogP contribution in [0.5, 0.6) is 5.75 Å². The fourth-order valence-corrected chi connectivity index (χ4v) is 1.92. The first-order valence-corrected chi connectivity index (χ1v) is 6.43. The predicted molar refractivity (Wildman–Crippen MR) is 75.4 cm³/mol. The Labute approximate surface area is 114 Å². The van der Waals surface area contributed by atoms with Crippen molar-refractivity contribution < 1.29 is 14.6 Å². The fraction of sp³-hybridized carbons (Fsp3) is 0.533. The number of aliphatic hydroxyl groups is 1. The van der Waals surface area contributed by atoms with Crippen molar-refractivity contribution in [2.24, 2.45) is 0 Å². The molecule has 0 aliphatic heterocycles. The maximum atomic E-state index is 12.0. The van der Waals surface area contributed by atoms with E-state index in [9.17, 15) is 4.79 Å². The van der Waals surface area contributed by atoms with Gasteiger partial charge in [0.2, 0.25) is 5.91 Å². The van der Waals surface area contributed by atoms with Crippen molar-refractivity contribution >= 4 is 5.91 Å². The average Bonchev–Trinajstić information content (AvgIpc) is 2.30. The summed E-state index contributed by atoms with van der Waals surface area (Å²) in [5.41, 5.74) is 1.58. The standard InChI is InChI=1S/C15H23NO3/c1-11-5-6-12(9-13(11)19-4)10-14(18)16-15(2,3)7-8-17/h5-6,9,17H,7-8,10H2,1-4H3,(H,16,18). The van der Waals surface area contributed by atoms with Crippen LogP contribution in [0, 0.1) is 6.92 Å². The minimum Gasteiger partial charge on any atom is -0.496 e. The third kappa shape index (κ3) is 4.91. The molecule has 0 atom stereocenters. The number of nitrogens with one attached hydrogen (secondary N) is 1. The van der Waals surface area contributed by atoms with E-state index < -0.39 is 0 Å². The van der Waals surface area contributed by atoms with Crippen LogP contribution in [0.2, 0.25) is 0 Å². The van der Waals surface area contributed by atoms with Gasteiger partial charge in [0.15, 0.2) is 0 Å². The molecule has 0 heterocycles. The molecule has 4 nitrogen and oxygen atoms in total. The number of methoxy groups -OCH3 is 1. The van der Waals surface area contributed by atoms with Gasteiger partial charge in [-0.2, -0.15) is 0 Å². The Kier molecular flexibility index (Phi) is 5.36. The maximum absolute atomic E-state index is 12.0. The maximum Gasteiger partial charge on any atom is 0.224 e. The van der Waals surface area contributed by atoms with Crippen LogP contribution >= 0.6 is 0 Å². The number of aryl methyl sites for hydroxylation is 1. The Morgan fingerprint density at radius 3 is 2.68 bits per heavy atom. The Hall–Kier alpha value is -1.55. The van der Waals surface area contributed by atoms with Crippen LogP contribution in [0.1, 0.15) is 31.4 Å². The molecular weight excluding hydrogens is 242 g/mol. The third-order valence-electron chi connectivity index (χ3n) is 3.05. The summed E-state index contributed by atoms with van der Waals surface area (Å²) < 4.78 is 5.24. The Morgan fingerprint density at radius 2 is 2.11 bits per heavy atom. The lowest BCUT2D eigenvalue weighted by Crippen LogP contribution is -2.44. The molecule has 0 unspecified atom stereocenters. The fourth-order valence-electron chi connectivity index (χ4n) is 1.92. The molecule has 0 radical (unpaired) electrons. The van der Waals surface area contributed by atoms with Gasteiger partial charge in [0, 0.05) is 12.1 Å². The molecule has 2 N–H and O–H groups in total. The topological polar surface area (TPSA) is 58.6 Å². The van der Waals surface area contributed by atoms with Crippen molar-refractivity contribution in [2.45, 2.75) is 39.2 Å². The number of benzene rings is 1. The molecular formula is C15H23NO3. The molecule has 0 saturated heterocycles. The van der Waals surface area contributed by atoms with E-state index in [0.717, 1.165) is 16.9 Å². The summed E-state index contributed by atoms with van der Waals surface area (Å²) in [6, 6.07) is 5.75. The molecule has 1 amide bonds. The van der Waals surface area contributed by atoms with E-state index in [4.69, 9.17) is 9.84 Å². The van der Waals surface area contributed by atoms with Crippen LogP contribution in [-0.4, -0.2) is 30.3 Å². The predicted octanol–water partition coefficient (Wildman–Crippen LogP) is 1.82. The molecule has 4 heteroatoms. The number of hydrogen-bond acceptors (Lipinski definition) is 3. The number of amides is 1. The van der Waals surface area contributed by atoms with Crippen LogP contribution in [0.15, 0.2) is 18.2 Å². The van der Waals surface area contributed by atoms with Crippen LogP contribution in [-0.2, 0) is 11.2 Å². The van der Waals surface area contributed by atoms with Gasteiger partial charge in [-0.1, -0.05) is 12.1 Å². The molecule has 0 fully saturated rings. The zero-order valence-corrected chi connectivity index (χ0v) is 12.1. The number of aliphatic hydroxyl groups excluding tert-OH is 1. The Bertz CT molecular complexity index is 441. The monoisotopic (exact) mass is 265 g/mol. The van der Waals surface area contributed by atoms with Gasteiger partial charge in [0.1, 0.15) is 5.75 Å². The van der Waals surface area contributed by atoms with Crippen LogP contribution in [0.3, 0.4) is 0 Å². The first-order chi connectivity index (χ1) is 8.88. The van der Waals surface area contributed by atoms with Crippen LogP contribution < -0.4 is 10.1 Å². The highest BCUT2D eigenvalue weighted by molar-refractivity contribution is 5.79. The van der Waals surface area contributed by atoms with Crippen molar-refractivity contribution in [3.63, 3.8) is 0 Å². The summed E-state index contributed by atoms with van der Waals surface area (Å²) >= 11 is 0. The lowest BCUT2D eigenvalue weighted by atomic mass is 10.0. The SMILES string of the molecule is COc1cc(CC(=O)NC(C)(C)CCO)ccc1C. The number of hydrogen-bond donors (Lipinski definition) is 2. The highest BCUT2D eigenvalue weighted by atomic mass is 16.5. The van der Waals surface area contributed by atoms with Gasteiger partial charge in [-0.15, -0.1) is 0 Å². The summed E-state index contributed by atoms with van der Waals surface area (Å²) in [5.74, 6) is 0.740. The lowest BCUT2D eigenvalue weighted by molar-refractivity contribution is -0.122. The van der Waals surface area contributed by atoms with Gasteiger partial charge in [0.05, 0.1) is 13.5 Å². The minimum absolute atomic E-state index is 0.0515. The van der Waals surface area contributed by atoms with Crippen molar-refractivity contribution in [3.05, 3.63) is 29.3 Å². The van der Waals surface area contributed by atoms with Gasteiger partial charge < -0.3 is 15.2 Å². The lowest BCUT2D eigenvalue weighted by Gasteiger charge is -2.25. The number of carbonyl (C=O) groups excluding carboxylic acids is 1. The largest absolute Gasteiger partial charge is 0.496 e. The highest BCUT2D eigenvalue weighted by Gasteiger charge is 2.19. The molecule has 0 aromatic heterocycles. The van der Waals surface area contributed by atoms with Gasteiger partial charge in [-0.3, -0.25) is 4.79 Å². The number of carbonyl (C=O) groups is 1. The van der Waals surface area contributed by atoms with Crippen molar-refractivity contribution in [1.82, 2.24) is 5.32 Å². The first kappa shape index (κ1) is 15.5. The zero-order chi connectivity index (χ0) is 14.5. The molecule has 1 rings (SSSR count). The second-order valence-corrected chi connectivity index (χ2v) is 5.39. The molecule has 1 aromatic rings. The van der Waals surface area contributed by atoms with E-state index in [1.54, 1.807) is 7.11 Å². The average molecular weight is 265 g/mol. The molecule has 0 aliphatic carbocycles. The minimum atomic E-state index is -0.388. The second kappa shape index (κ2) is 6.57. The third-order valence-corrected chi connectivity index (χ3v) is 3.05. The smallest absolute Gasteiger partial charge is 0.224 e. The highest BCUT2D eigenvalue weighted by Crippen LogP contribution is 2.19. The summed E-state index contributed by atoms with van der Waals surface area (Å²) in [6.45, 7) is 5.83.